The zero-order chi connectivity index (χ0) is 20.3. The summed E-state index contributed by atoms with van der Waals surface area (Å²) in [5.41, 5.74) is 2.36. The number of nitrogens with zero attached hydrogens (tertiary/aromatic N) is 4. The zero-order valence-corrected chi connectivity index (χ0v) is 16.7. The summed E-state index contributed by atoms with van der Waals surface area (Å²) < 4.78 is 13.0. The molecule has 2 aliphatic rings. The Morgan fingerprint density at radius 1 is 1.03 bits per heavy atom. The number of ether oxygens (including phenoxy) is 2. The Labute approximate surface area is 175 Å². The van der Waals surface area contributed by atoms with Crippen LogP contribution < -0.4 is 9.64 Å². The number of carbonyl (C=O) groups excluding carboxylic acids is 1. The number of fused-ring (bicyclic) bond motifs is 1. The van der Waals surface area contributed by atoms with Crippen LogP contribution in [0.3, 0.4) is 0 Å². The summed E-state index contributed by atoms with van der Waals surface area (Å²) in [6, 6.07) is 17.4. The molecule has 0 aliphatic carbocycles. The summed E-state index contributed by atoms with van der Waals surface area (Å²) in [7, 11) is 0. The van der Waals surface area contributed by atoms with Crippen molar-refractivity contribution in [2.75, 3.05) is 24.7 Å². The van der Waals surface area contributed by atoms with Gasteiger partial charge in [0.25, 0.3) is 5.91 Å². The van der Waals surface area contributed by atoms with Gasteiger partial charge in [-0.15, -0.1) is 0 Å². The molecule has 2 aromatic heterocycles. The van der Waals surface area contributed by atoms with Gasteiger partial charge in [0, 0.05) is 31.4 Å². The van der Waals surface area contributed by atoms with Crippen molar-refractivity contribution < 1.29 is 14.3 Å². The lowest BCUT2D eigenvalue weighted by Crippen LogP contribution is -2.41. The molecule has 0 saturated carbocycles. The van der Waals surface area contributed by atoms with Crippen LogP contribution in [0, 0.1) is 0 Å². The number of hydrogen-bond donors (Lipinski definition) is 0. The molecule has 2 aliphatic heterocycles. The summed E-state index contributed by atoms with van der Waals surface area (Å²) >= 11 is 0. The van der Waals surface area contributed by atoms with Gasteiger partial charge in [-0.25, -0.2) is 4.98 Å². The molecule has 1 amide bonds. The fourth-order valence-electron chi connectivity index (χ4n) is 4.02. The highest BCUT2D eigenvalue weighted by Gasteiger charge is 2.29. The molecule has 1 saturated heterocycles. The van der Waals surface area contributed by atoms with Crippen molar-refractivity contribution in [2.45, 2.75) is 31.9 Å². The summed E-state index contributed by atoms with van der Waals surface area (Å²) in [6.45, 7) is 3.06. The maximum absolute atomic E-state index is 13.2. The van der Waals surface area contributed by atoms with Crippen LogP contribution in [-0.2, 0) is 17.9 Å². The van der Waals surface area contributed by atoms with Crippen LogP contribution in [0.4, 0.5) is 5.82 Å². The minimum absolute atomic E-state index is 0.0728. The Hall–Kier alpha value is -3.19. The molecule has 7 heteroatoms. The van der Waals surface area contributed by atoms with Crippen LogP contribution in [0.2, 0.25) is 0 Å². The molecule has 7 nitrogen and oxygen atoms in total. The van der Waals surface area contributed by atoms with E-state index in [9.17, 15) is 4.79 Å². The zero-order valence-electron chi connectivity index (χ0n) is 16.7. The summed E-state index contributed by atoms with van der Waals surface area (Å²) in [5.74, 6) is 1.81. The normalized spacial score (nSPS) is 17.1. The molecule has 0 atom stereocenters. The summed E-state index contributed by atoms with van der Waals surface area (Å²) in [6.07, 6.45) is 1.95. The first-order valence-electron chi connectivity index (χ1n) is 10.4. The van der Waals surface area contributed by atoms with Crippen molar-refractivity contribution >= 4 is 11.7 Å². The first-order chi connectivity index (χ1) is 14.8. The van der Waals surface area contributed by atoms with Gasteiger partial charge in [-0.3, -0.25) is 14.4 Å². The van der Waals surface area contributed by atoms with Gasteiger partial charge >= 0.3 is 0 Å². The number of benzene rings is 1. The molecule has 1 fully saturated rings. The van der Waals surface area contributed by atoms with Crippen molar-refractivity contribution in [3.05, 3.63) is 71.7 Å². The average Bonchev–Trinajstić information content (AvgIpc) is 3.24. The van der Waals surface area contributed by atoms with Crippen molar-refractivity contribution in [3.63, 3.8) is 0 Å². The van der Waals surface area contributed by atoms with E-state index in [1.807, 2.05) is 48.5 Å². The van der Waals surface area contributed by atoms with E-state index in [2.05, 4.69) is 11.2 Å². The molecule has 0 unspecified atom stereocenters. The van der Waals surface area contributed by atoms with Gasteiger partial charge < -0.3 is 9.47 Å². The number of rotatable bonds is 5. The number of pyridine rings is 1. The second-order valence-corrected chi connectivity index (χ2v) is 7.61. The predicted octanol–water partition coefficient (Wildman–Crippen LogP) is 3.41. The van der Waals surface area contributed by atoms with Gasteiger partial charge in [0.1, 0.15) is 29.6 Å². The predicted molar refractivity (Wildman–Crippen MR) is 112 cm³/mol. The van der Waals surface area contributed by atoms with E-state index in [1.165, 1.54) is 0 Å². The van der Waals surface area contributed by atoms with Crippen molar-refractivity contribution in [1.82, 2.24) is 14.8 Å². The standard InChI is InChI=1S/C23H24N4O3/c28-23-21-15-18(16-30-19-5-2-1-3-6-19)25-27(21)12-11-26(23)22-8-4-7-20(24-22)17-9-13-29-14-10-17/h1-8,15,17H,9-14,16H2. The number of anilines is 1. The molecule has 1 aromatic carbocycles. The van der Waals surface area contributed by atoms with Crippen molar-refractivity contribution in [1.29, 1.82) is 0 Å². The molecule has 0 spiro atoms. The maximum atomic E-state index is 13.2. The second-order valence-electron chi connectivity index (χ2n) is 7.61. The van der Waals surface area contributed by atoms with E-state index in [1.54, 1.807) is 9.58 Å². The topological polar surface area (TPSA) is 69.5 Å². The highest BCUT2D eigenvalue weighted by Crippen LogP contribution is 2.28. The lowest BCUT2D eigenvalue weighted by molar-refractivity contribution is 0.0844. The Morgan fingerprint density at radius 2 is 1.87 bits per heavy atom. The fourth-order valence-corrected chi connectivity index (χ4v) is 4.02. The largest absolute Gasteiger partial charge is 0.487 e. The summed E-state index contributed by atoms with van der Waals surface area (Å²) in [4.78, 5) is 19.7. The SMILES string of the molecule is O=C1c2cc(COc3ccccc3)nn2CCN1c1cccc(C2CCOCC2)n1. The van der Waals surface area contributed by atoms with E-state index in [0.717, 1.165) is 43.2 Å². The van der Waals surface area contributed by atoms with Gasteiger partial charge in [0.2, 0.25) is 0 Å². The van der Waals surface area contributed by atoms with Crippen LogP contribution in [0.15, 0.2) is 54.6 Å². The van der Waals surface area contributed by atoms with E-state index in [0.29, 0.717) is 37.1 Å². The number of aromatic nitrogens is 3. The van der Waals surface area contributed by atoms with Crippen LogP contribution in [0.25, 0.3) is 0 Å². The lowest BCUT2D eigenvalue weighted by Gasteiger charge is -2.28. The smallest absolute Gasteiger partial charge is 0.277 e. The molecule has 4 heterocycles. The number of para-hydroxylation sites is 1. The number of hydrogen-bond acceptors (Lipinski definition) is 5. The van der Waals surface area contributed by atoms with Crippen molar-refractivity contribution in [2.24, 2.45) is 0 Å². The van der Waals surface area contributed by atoms with Crippen LogP contribution in [0.5, 0.6) is 5.75 Å². The third-order valence-electron chi connectivity index (χ3n) is 5.63. The monoisotopic (exact) mass is 404 g/mol. The quantitative estimate of drug-likeness (QED) is 0.652. The third kappa shape index (κ3) is 3.80. The minimum atomic E-state index is -0.0728. The molecule has 5 rings (SSSR count). The van der Waals surface area contributed by atoms with Crippen LogP contribution in [0.1, 0.15) is 40.6 Å². The molecular formula is C23H24N4O3. The number of amides is 1. The highest BCUT2D eigenvalue weighted by molar-refractivity contribution is 6.05. The highest BCUT2D eigenvalue weighted by atomic mass is 16.5. The Morgan fingerprint density at radius 3 is 2.70 bits per heavy atom. The first-order valence-corrected chi connectivity index (χ1v) is 10.4. The molecule has 0 bridgehead atoms. The van der Waals surface area contributed by atoms with Crippen LogP contribution in [-0.4, -0.2) is 40.4 Å². The molecule has 3 aromatic rings. The van der Waals surface area contributed by atoms with E-state index < -0.39 is 0 Å². The van der Waals surface area contributed by atoms with Gasteiger partial charge in [0.05, 0.1) is 6.54 Å². The Bertz CT molecular complexity index is 1030. The van der Waals surface area contributed by atoms with E-state index in [-0.39, 0.29) is 5.91 Å². The molecule has 154 valence electrons. The second kappa shape index (κ2) is 8.28. The first kappa shape index (κ1) is 18.8. The maximum Gasteiger partial charge on any atom is 0.277 e. The fraction of sp³-hybridized carbons (Fsp3) is 0.348. The lowest BCUT2D eigenvalue weighted by atomic mass is 9.96. The van der Waals surface area contributed by atoms with Gasteiger partial charge in [0.15, 0.2) is 0 Å². The summed E-state index contributed by atoms with van der Waals surface area (Å²) in [5, 5.41) is 4.55. The van der Waals surface area contributed by atoms with Gasteiger partial charge in [-0.05, 0) is 43.2 Å². The molecule has 0 N–H and O–H groups in total. The van der Waals surface area contributed by atoms with Crippen LogP contribution >= 0.6 is 0 Å². The Balaban J connectivity index is 1.32. The van der Waals surface area contributed by atoms with E-state index in [4.69, 9.17) is 14.5 Å². The van der Waals surface area contributed by atoms with Gasteiger partial charge in [-0.1, -0.05) is 24.3 Å². The molecular weight excluding hydrogens is 380 g/mol. The third-order valence-corrected chi connectivity index (χ3v) is 5.63. The Kier molecular flexibility index (Phi) is 5.19. The molecule has 30 heavy (non-hydrogen) atoms. The minimum Gasteiger partial charge on any atom is -0.487 e. The van der Waals surface area contributed by atoms with Gasteiger partial charge in [-0.2, -0.15) is 5.10 Å². The number of carbonyl (C=O) groups is 1. The molecule has 0 radical (unpaired) electrons. The van der Waals surface area contributed by atoms with E-state index >= 15 is 0 Å². The average molecular weight is 404 g/mol. The van der Waals surface area contributed by atoms with Crippen molar-refractivity contribution in [3.8, 4) is 5.75 Å².